The van der Waals surface area contributed by atoms with Crippen molar-refractivity contribution in [2.24, 2.45) is 0 Å². The van der Waals surface area contributed by atoms with Crippen molar-refractivity contribution < 1.29 is 23.8 Å². The molecule has 2 atom stereocenters. The van der Waals surface area contributed by atoms with Gasteiger partial charge in [-0.3, -0.25) is 14.6 Å². The Bertz CT molecular complexity index is 1180. The second-order valence-corrected chi connectivity index (χ2v) is 7.75. The third-order valence-corrected chi connectivity index (χ3v) is 5.62. The predicted molar refractivity (Wildman–Crippen MR) is 111 cm³/mol. The number of hydrogen-bond donors (Lipinski definition) is 1. The summed E-state index contributed by atoms with van der Waals surface area (Å²) >= 11 is 0. The maximum Gasteiger partial charge on any atom is 0.296 e. The number of fused-ring (bicyclic) bond motifs is 1. The molecule has 7 heteroatoms. The van der Waals surface area contributed by atoms with Gasteiger partial charge in [-0.15, -0.1) is 0 Å². The fourth-order valence-electron chi connectivity index (χ4n) is 4.20. The maximum atomic E-state index is 13.0. The number of likely N-dealkylation sites (tertiary alicyclic amines) is 1. The molecule has 0 spiro atoms. The highest BCUT2D eigenvalue weighted by Gasteiger charge is 2.47. The van der Waals surface area contributed by atoms with Gasteiger partial charge in [-0.25, -0.2) is 0 Å². The summed E-state index contributed by atoms with van der Waals surface area (Å²) in [4.78, 5) is 31.4. The highest BCUT2D eigenvalue weighted by atomic mass is 16.5. The van der Waals surface area contributed by atoms with E-state index in [0.29, 0.717) is 17.7 Å². The first-order valence-electron chi connectivity index (χ1n) is 10.0. The molecule has 0 aliphatic carbocycles. The molecule has 0 radical (unpaired) electrons. The molecule has 4 heterocycles. The Hall–Kier alpha value is -3.87. The number of aliphatic hydroxyl groups is 1. The number of carbonyl (C=O) groups is 2. The van der Waals surface area contributed by atoms with E-state index in [1.807, 2.05) is 13.0 Å². The molecule has 7 nitrogen and oxygen atoms in total. The summed E-state index contributed by atoms with van der Waals surface area (Å²) in [7, 11) is 0. The van der Waals surface area contributed by atoms with Crippen LogP contribution in [0.25, 0.3) is 5.76 Å². The SMILES string of the molecule is C[C@H]1Cc2cc(C(O)=C3C(=O)C(=O)N(Cc4ccncc4)[C@H]3c3ccco3)ccc2O1. The van der Waals surface area contributed by atoms with Crippen LogP contribution in [-0.2, 0) is 22.6 Å². The molecule has 3 aromatic rings. The second kappa shape index (κ2) is 7.43. The average molecular weight is 416 g/mol. The largest absolute Gasteiger partial charge is 0.507 e. The van der Waals surface area contributed by atoms with E-state index in [1.54, 1.807) is 48.8 Å². The lowest BCUT2D eigenvalue weighted by Crippen LogP contribution is -2.29. The van der Waals surface area contributed by atoms with Crippen LogP contribution in [0.3, 0.4) is 0 Å². The van der Waals surface area contributed by atoms with E-state index in [1.165, 1.54) is 11.2 Å². The zero-order valence-electron chi connectivity index (χ0n) is 16.8. The minimum atomic E-state index is -0.827. The number of amides is 1. The molecule has 1 aromatic carbocycles. The van der Waals surface area contributed by atoms with E-state index in [-0.39, 0.29) is 24.0 Å². The Labute approximate surface area is 178 Å². The number of hydrogen-bond acceptors (Lipinski definition) is 6. The van der Waals surface area contributed by atoms with Crippen LogP contribution in [0.2, 0.25) is 0 Å². The van der Waals surface area contributed by atoms with Crippen LogP contribution >= 0.6 is 0 Å². The van der Waals surface area contributed by atoms with Gasteiger partial charge in [0.15, 0.2) is 0 Å². The Morgan fingerprint density at radius 2 is 2.00 bits per heavy atom. The van der Waals surface area contributed by atoms with E-state index in [4.69, 9.17) is 9.15 Å². The van der Waals surface area contributed by atoms with Gasteiger partial charge < -0.3 is 19.2 Å². The topological polar surface area (TPSA) is 92.9 Å². The van der Waals surface area contributed by atoms with Crippen LogP contribution in [0.1, 0.15) is 35.4 Å². The van der Waals surface area contributed by atoms with Crippen molar-refractivity contribution >= 4 is 17.4 Å². The van der Waals surface area contributed by atoms with Crippen molar-refractivity contribution in [3.05, 3.63) is 89.1 Å². The van der Waals surface area contributed by atoms with E-state index in [0.717, 1.165) is 16.9 Å². The quantitative estimate of drug-likeness (QED) is 0.397. The molecule has 1 fully saturated rings. The zero-order chi connectivity index (χ0) is 21.5. The Morgan fingerprint density at radius 1 is 1.19 bits per heavy atom. The normalized spacial score (nSPS) is 21.9. The number of carbonyl (C=O) groups excluding carboxylic acids is 2. The molecule has 2 aromatic heterocycles. The number of Topliss-reactive ketones (excluding diaryl/α,β-unsaturated/α-hetero) is 1. The summed E-state index contributed by atoms with van der Waals surface area (Å²) in [6.07, 6.45) is 5.51. The lowest BCUT2D eigenvalue weighted by Gasteiger charge is -2.23. The molecule has 1 N–H and O–H groups in total. The number of aromatic nitrogens is 1. The molecule has 5 rings (SSSR count). The van der Waals surface area contributed by atoms with Crippen molar-refractivity contribution in [1.29, 1.82) is 0 Å². The van der Waals surface area contributed by atoms with Gasteiger partial charge in [0.05, 0.1) is 11.8 Å². The molecular formula is C24H20N2O5. The molecular weight excluding hydrogens is 396 g/mol. The Balaban J connectivity index is 1.60. The average Bonchev–Trinajstić information content (AvgIpc) is 3.48. The van der Waals surface area contributed by atoms with Gasteiger partial charge in [0.1, 0.15) is 29.4 Å². The van der Waals surface area contributed by atoms with E-state index < -0.39 is 17.7 Å². The molecule has 1 amide bonds. The monoisotopic (exact) mass is 416 g/mol. The highest BCUT2D eigenvalue weighted by Crippen LogP contribution is 2.41. The van der Waals surface area contributed by atoms with Crippen molar-refractivity contribution in [2.75, 3.05) is 0 Å². The first-order valence-corrected chi connectivity index (χ1v) is 10.0. The number of pyridine rings is 1. The van der Waals surface area contributed by atoms with Gasteiger partial charge in [0, 0.05) is 30.9 Å². The van der Waals surface area contributed by atoms with E-state index in [9.17, 15) is 14.7 Å². The predicted octanol–water partition coefficient (Wildman–Crippen LogP) is 3.62. The molecule has 31 heavy (non-hydrogen) atoms. The van der Waals surface area contributed by atoms with Crippen LogP contribution < -0.4 is 4.74 Å². The van der Waals surface area contributed by atoms with Gasteiger partial charge in [-0.05, 0) is 60.5 Å². The van der Waals surface area contributed by atoms with Gasteiger partial charge in [0.25, 0.3) is 11.7 Å². The van der Waals surface area contributed by atoms with Gasteiger partial charge in [-0.2, -0.15) is 0 Å². The van der Waals surface area contributed by atoms with Crippen LogP contribution in [0, 0.1) is 0 Å². The summed E-state index contributed by atoms with van der Waals surface area (Å²) in [5, 5.41) is 11.1. The van der Waals surface area contributed by atoms with E-state index >= 15 is 0 Å². The number of furan rings is 1. The van der Waals surface area contributed by atoms with Gasteiger partial charge in [0.2, 0.25) is 0 Å². The molecule has 0 bridgehead atoms. The van der Waals surface area contributed by atoms with Crippen molar-refractivity contribution in [3.63, 3.8) is 0 Å². The minimum absolute atomic E-state index is 0.0147. The minimum Gasteiger partial charge on any atom is -0.507 e. The van der Waals surface area contributed by atoms with Gasteiger partial charge in [-0.1, -0.05) is 0 Å². The second-order valence-electron chi connectivity index (χ2n) is 7.75. The van der Waals surface area contributed by atoms with Crippen LogP contribution in [0.15, 0.2) is 71.1 Å². The number of aliphatic hydroxyl groups excluding tert-OH is 1. The summed E-state index contributed by atoms with van der Waals surface area (Å²) in [6.45, 7) is 2.16. The standard InChI is InChI=1S/C24H20N2O5/c1-14-11-17-12-16(4-5-18(17)31-14)22(27)20-21(19-3-2-10-30-19)26(24(29)23(20)28)13-15-6-8-25-9-7-15/h2-10,12,14,21,27H,11,13H2,1H3/t14-,21-/m0/s1. The van der Waals surface area contributed by atoms with E-state index in [2.05, 4.69) is 4.98 Å². The maximum absolute atomic E-state index is 13.0. The summed E-state index contributed by atoms with van der Waals surface area (Å²) in [5.41, 5.74) is 2.25. The lowest BCUT2D eigenvalue weighted by molar-refractivity contribution is -0.140. The summed E-state index contributed by atoms with van der Waals surface area (Å²) in [5.74, 6) is -0.465. The molecule has 1 saturated heterocycles. The first-order chi connectivity index (χ1) is 15.0. The molecule has 0 unspecified atom stereocenters. The number of benzene rings is 1. The Morgan fingerprint density at radius 3 is 2.74 bits per heavy atom. The van der Waals surface area contributed by atoms with Gasteiger partial charge >= 0.3 is 0 Å². The third kappa shape index (κ3) is 3.28. The third-order valence-electron chi connectivity index (χ3n) is 5.62. The number of ether oxygens (including phenoxy) is 1. The van der Waals surface area contributed by atoms with Crippen molar-refractivity contribution in [2.45, 2.75) is 32.0 Å². The lowest BCUT2D eigenvalue weighted by atomic mass is 9.97. The van der Waals surface area contributed by atoms with Crippen LogP contribution in [0.5, 0.6) is 5.75 Å². The fourth-order valence-corrected chi connectivity index (χ4v) is 4.20. The summed E-state index contributed by atoms with van der Waals surface area (Å²) in [6, 6.07) is 11.4. The van der Waals surface area contributed by atoms with Crippen molar-refractivity contribution in [3.8, 4) is 5.75 Å². The van der Waals surface area contributed by atoms with Crippen LogP contribution in [0.4, 0.5) is 0 Å². The smallest absolute Gasteiger partial charge is 0.296 e. The van der Waals surface area contributed by atoms with Crippen LogP contribution in [-0.4, -0.2) is 32.8 Å². The molecule has 0 saturated carbocycles. The number of ketones is 1. The molecule has 2 aliphatic rings. The highest BCUT2D eigenvalue weighted by molar-refractivity contribution is 6.46. The fraction of sp³-hybridized carbons (Fsp3) is 0.208. The Kier molecular flexibility index (Phi) is 4.58. The first kappa shape index (κ1) is 19.1. The number of nitrogens with zero attached hydrogens (tertiary/aromatic N) is 2. The number of rotatable bonds is 4. The zero-order valence-corrected chi connectivity index (χ0v) is 16.8. The molecule has 156 valence electrons. The molecule has 2 aliphatic heterocycles. The summed E-state index contributed by atoms with van der Waals surface area (Å²) < 4.78 is 11.3. The van der Waals surface area contributed by atoms with Crippen molar-refractivity contribution in [1.82, 2.24) is 9.88 Å².